The van der Waals surface area contributed by atoms with E-state index >= 15 is 0 Å². The van der Waals surface area contributed by atoms with E-state index in [-0.39, 0.29) is 28.7 Å². The van der Waals surface area contributed by atoms with Crippen LogP contribution in [-0.4, -0.2) is 29.0 Å². The summed E-state index contributed by atoms with van der Waals surface area (Å²) in [6.45, 7) is 1.92. The molecule has 0 radical (unpaired) electrons. The number of non-ortho nitro benzene ring substituents is 1. The second-order valence-electron chi connectivity index (χ2n) is 8.59. The quantitative estimate of drug-likeness (QED) is 0.0726. The molecule has 0 aliphatic heterocycles. The number of benzene rings is 4. The minimum Gasteiger partial charge on any atom is -0.423 e. The number of ether oxygens (including phenoxy) is 2. The highest BCUT2D eigenvalue weighted by Gasteiger charge is 2.13. The number of hydrazone groups is 1. The first-order chi connectivity index (χ1) is 19.8. The second-order valence-corrected chi connectivity index (χ2v) is 8.59. The molecule has 4 rings (SSSR count). The summed E-state index contributed by atoms with van der Waals surface area (Å²) in [5, 5.41) is 14.8. The minimum atomic E-state index is -0.717. The van der Waals surface area contributed by atoms with Crippen LogP contribution in [0, 0.1) is 17.0 Å². The summed E-state index contributed by atoms with van der Waals surface area (Å²) in [6.07, 6.45) is 3.97. The van der Waals surface area contributed by atoms with Gasteiger partial charge in [0.05, 0.1) is 16.7 Å². The van der Waals surface area contributed by atoms with Gasteiger partial charge in [0.15, 0.2) is 0 Å². The molecule has 10 nitrogen and oxygen atoms in total. The molecule has 0 unspecified atom stereocenters. The van der Waals surface area contributed by atoms with E-state index < -0.39 is 16.9 Å². The lowest BCUT2D eigenvalue weighted by molar-refractivity contribution is -0.384. The van der Waals surface area contributed by atoms with Crippen LogP contribution in [0.4, 0.5) is 5.69 Å². The Bertz CT molecular complexity index is 1640. The summed E-state index contributed by atoms with van der Waals surface area (Å²) in [6, 6.07) is 25.2. The van der Waals surface area contributed by atoms with Gasteiger partial charge in [0.1, 0.15) is 11.5 Å². The number of amides is 1. The predicted molar refractivity (Wildman–Crippen MR) is 152 cm³/mol. The van der Waals surface area contributed by atoms with E-state index in [0.29, 0.717) is 16.7 Å². The van der Waals surface area contributed by atoms with Crippen molar-refractivity contribution in [3.05, 3.63) is 141 Å². The first-order valence-electron chi connectivity index (χ1n) is 12.2. The Labute approximate surface area is 234 Å². The van der Waals surface area contributed by atoms with Crippen LogP contribution >= 0.6 is 0 Å². The van der Waals surface area contributed by atoms with Crippen molar-refractivity contribution in [1.29, 1.82) is 0 Å². The highest BCUT2D eigenvalue weighted by atomic mass is 16.6. The average Bonchev–Trinajstić information content (AvgIpc) is 2.98. The Morgan fingerprint density at radius 1 is 0.780 bits per heavy atom. The van der Waals surface area contributed by atoms with E-state index in [0.717, 1.165) is 5.56 Å². The Morgan fingerprint density at radius 3 is 2.02 bits per heavy atom. The third-order valence-corrected chi connectivity index (χ3v) is 5.65. The standard InChI is InChI=1S/C31H23N3O7/c1-21-10-12-23(13-11-21)30(36)33-32-20-25-7-3-5-9-28(25)40-29(35)19-16-22-6-2-4-8-27(22)41-31(37)24-14-17-26(18-15-24)34(38)39/h2-20H,1H3,(H,33,36)/b19-16+,32-20+. The third kappa shape index (κ3) is 7.80. The van der Waals surface area contributed by atoms with Crippen LogP contribution in [0.2, 0.25) is 0 Å². The van der Waals surface area contributed by atoms with Crippen LogP contribution in [-0.2, 0) is 4.79 Å². The Hall–Kier alpha value is -5.90. The number of nitro groups is 1. The largest absolute Gasteiger partial charge is 0.423 e. The maximum Gasteiger partial charge on any atom is 0.343 e. The first-order valence-corrected chi connectivity index (χ1v) is 12.2. The zero-order chi connectivity index (χ0) is 29.2. The van der Waals surface area contributed by atoms with Gasteiger partial charge >= 0.3 is 11.9 Å². The van der Waals surface area contributed by atoms with Crippen molar-refractivity contribution >= 4 is 35.8 Å². The SMILES string of the molecule is Cc1ccc(C(=O)N/N=C/c2ccccc2OC(=O)/C=C/c2ccccc2OC(=O)c2ccc([N+](=O)[O-])cc2)cc1. The van der Waals surface area contributed by atoms with Crippen LogP contribution in [0.1, 0.15) is 37.4 Å². The first kappa shape index (κ1) is 28.1. The van der Waals surface area contributed by atoms with Gasteiger partial charge in [0.25, 0.3) is 11.6 Å². The fraction of sp³-hybridized carbons (Fsp3) is 0.0323. The number of nitrogens with zero attached hydrogens (tertiary/aromatic N) is 2. The van der Waals surface area contributed by atoms with Gasteiger partial charge in [0, 0.05) is 34.9 Å². The number of nitro benzene ring substituents is 1. The van der Waals surface area contributed by atoms with E-state index in [9.17, 15) is 24.5 Å². The maximum absolute atomic E-state index is 12.6. The van der Waals surface area contributed by atoms with Gasteiger partial charge in [-0.25, -0.2) is 15.0 Å². The lowest BCUT2D eigenvalue weighted by atomic mass is 10.1. The molecule has 0 saturated heterocycles. The minimum absolute atomic E-state index is 0.127. The lowest BCUT2D eigenvalue weighted by Gasteiger charge is -2.08. The molecule has 1 N–H and O–H groups in total. The molecule has 1 amide bonds. The average molecular weight is 550 g/mol. The molecule has 0 heterocycles. The van der Waals surface area contributed by atoms with Crippen LogP contribution in [0.5, 0.6) is 11.5 Å². The predicted octanol–water partition coefficient (Wildman–Crippen LogP) is 5.51. The number of nitrogens with one attached hydrogen (secondary N) is 1. The van der Waals surface area contributed by atoms with Gasteiger partial charge in [0.2, 0.25) is 0 Å². The van der Waals surface area contributed by atoms with Crippen molar-refractivity contribution in [2.75, 3.05) is 0 Å². The molecule has 0 aromatic heterocycles. The summed E-state index contributed by atoms with van der Waals surface area (Å²) in [5.74, 6) is -1.41. The number of rotatable bonds is 9. The smallest absolute Gasteiger partial charge is 0.343 e. The number of hydrogen-bond donors (Lipinski definition) is 1. The van der Waals surface area contributed by atoms with E-state index in [1.165, 1.54) is 42.6 Å². The molecule has 0 saturated carbocycles. The molecule has 4 aromatic carbocycles. The van der Waals surface area contributed by atoms with Crippen molar-refractivity contribution in [1.82, 2.24) is 5.43 Å². The highest BCUT2D eigenvalue weighted by molar-refractivity contribution is 5.96. The molecule has 0 aliphatic carbocycles. The normalized spacial score (nSPS) is 10.9. The van der Waals surface area contributed by atoms with E-state index in [2.05, 4.69) is 10.5 Å². The van der Waals surface area contributed by atoms with E-state index in [4.69, 9.17) is 9.47 Å². The summed E-state index contributed by atoms with van der Waals surface area (Å²) < 4.78 is 10.9. The van der Waals surface area contributed by atoms with Gasteiger partial charge in [-0.2, -0.15) is 5.10 Å². The summed E-state index contributed by atoms with van der Waals surface area (Å²) in [7, 11) is 0. The van der Waals surface area contributed by atoms with Crippen LogP contribution in [0.3, 0.4) is 0 Å². The maximum atomic E-state index is 12.6. The topological polar surface area (TPSA) is 137 Å². The van der Waals surface area contributed by atoms with Crippen molar-refractivity contribution in [2.24, 2.45) is 5.10 Å². The molecule has 0 bridgehead atoms. The van der Waals surface area contributed by atoms with Gasteiger partial charge in [-0.15, -0.1) is 0 Å². The molecule has 0 atom stereocenters. The summed E-state index contributed by atoms with van der Waals surface area (Å²) >= 11 is 0. The number of carbonyl (C=O) groups is 3. The summed E-state index contributed by atoms with van der Waals surface area (Å²) in [4.78, 5) is 47.7. The van der Waals surface area contributed by atoms with Gasteiger partial charge < -0.3 is 9.47 Å². The molecule has 10 heteroatoms. The monoisotopic (exact) mass is 549 g/mol. The summed E-state index contributed by atoms with van der Waals surface area (Å²) in [5.41, 5.74) is 4.78. The van der Waals surface area contributed by atoms with Crippen molar-refractivity contribution < 1.29 is 28.8 Å². The molecule has 0 fully saturated rings. The van der Waals surface area contributed by atoms with Crippen LogP contribution < -0.4 is 14.9 Å². The molecule has 41 heavy (non-hydrogen) atoms. The van der Waals surface area contributed by atoms with Crippen LogP contribution in [0.15, 0.2) is 108 Å². The molecular weight excluding hydrogens is 526 g/mol. The zero-order valence-corrected chi connectivity index (χ0v) is 21.7. The highest BCUT2D eigenvalue weighted by Crippen LogP contribution is 2.22. The Morgan fingerprint density at radius 2 is 1.37 bits per heavy atom. The van der Waals surface area contributed by atoms with E-state index in [1.54, 1.807) is 60.7 Å². The number of carbonyl (C=O) groups excluding carboxylic acids is 3. The van der Waals surface area contributed by atoms with Crippen molar-refractivity contribution in [2.45, 2.75) is 6.92 Å². The fourth-order valence-electron chi connectivity index (χ4n) is 3.50. The molecule has 0 aliphatic rings. The number of hydrogen-bond acceptors (Lipinski definition) is 8. The number of para-hydroxylation sites is 2. The number of aryl methyl sites for hydroxylation is 1. The molecule has 0 spiro atoms. The van der Waals surface area contributed by atoms with Gasteiger partial charge in [-0.05, 0) is 55.5 Å². The van der Waals surface area contributed by atoms with E-state index in [1.807, 2.05) is 19.1 Å². The molecule has 204 valence electrons. The molecule has 4 aromatic rings. The molecular formula is C31H23N3O7. The fourth-order valence-corrected chi connectivity index (χ4v) is 3.50. The Kier molecular flexibility index (Phi) is 9.09. The zero-order valence-electron chi connectivity index (χ0n) is 21.7. The lowest BCUT2D eigenvalue weighted by Crippen LogP contribution is -2.17. The Balaban J connectivity index is 1.40. The second kappa shape index (κ2) is 13.3. The van der Waals surface area contributed by atoms with Crippen molar-refractivity contribution in [3.63, 3.8) is 0 Å². The van der Waals surface area contributed by atoms with Crippen LogP contribution in [0.25, 0.3) is 6.08 Å². The van der Waals surface area contributed by atoms with Crippen molar-refractivity contribution in [3.8, 4) is 11.5 Å². The van der Waals surface area contributed by atoms with Gasteiger partial charge in [-0.1, -0.05) is 48.0 Å². The van der Waals surface area contributed by atoms with Gasteiger partial charge in [-0.3, -0.25) is 14.9 Å². The number of esters is 2. The third-order valence-electron chi connectivity index (χ3n) is 5.65.